The van der Waals surface area contributed by atoms with Crippen LogP contribution in [0.5, 0.6) is 0 Å². The maximum Gasteiger partial charge on any atom is 0.319 e. The molecule has 0 saturated heterocycles. The van der Waals surface area contributed by atoms with Crippen LogP contribution in [-0.2, 0) is 0 Å². The van der Waals surface area contributed by atoms with Crippen LogP contribution in [0, 0.1) is 0 Å². The number of aromatic nitrogens is 1. The molecule has 0 radical (unpaired) electrons. The molecule has 0 aliphatic heterocycles. The van der Waals surface area contributed by atoms with Gasteiger partial charge < -0.3 is 5.73 Å². The fourth-order valence-electron chi connectivity index (χ4n) is 0.506. The number of urea groups is 1. The molecular formula is C5H5N3O2S. The summed E-state index contributed by atoms with van der Waals surface area (Å²) in [5.41, 5.74) is 4.71. The Labute approximate surface area is 66.4 Å². The van der Waals surface area contributed by atoms with Crippen LogP contribution in [-0.4, -0.2) is 16.3 Å². The Balaban J connectivity index is 2.64. The number of hydrogen-bond acceptors (Lipinski definition) is 4. The molecular weight excluding hydrogens is 166 g/mol. The van der Waals surface area contributed by atoms with E-state index >= 15 is 0 Å². The van der Waals surface area contributed by atoms with E-state index in [0.29, 0.717) is 4.88 Å². The monoisotopic (exact) mass is 171 g/mol. The summed E-state index contributed by atoms with van der Waals surface area (Å²) in [6, 6.07) is 0.645. The molecule has 58 valence electrons. The molecule has 0 bridgehead atoms. The highest BCUT2D eigenvalue weighted by molar-refractivity contribution is 7.08. The van der Waals surface area contributed by atoms with E-state index < -0.39 is 11.9 Å². The van der Waals surface area contributed by atoms with Crippen molar-refractivity contribution < 1.29 is 9.59 Å². The number of amides is 3. The van der Waals surface area contributed by atoms with Crippen molar-refractivity contribution in [1.82, 2.24) is 9.69 Å². The Morgan fingerprint density at radius 2 is 2.36 bits per heavy atom. The molecule has 0 aromatic carbocycles. The standard InChI is InChI=1S/C5H5N3O2S/c6-5(10)8-4(9)3-1-2-7-11-3/h1-2H,(H3,6,8,9,10). The van der Waals surface area contributed by atoms with Crippen LogP contribution in [0.25, 0.3) is 0 Å². The number of nitrogens with one attached hydrogen (secondary N) is 1. The molecule has 0 saturated carbocycles. The Morgan fingerprint density at radius 3 is 2.82 bits per heavy atom. The lowest BCUT2D eigenvalue weighted by molar-refractivity contribution is 0.0970. The quantitative estimate of drug-likeness (QED) is 0.621. The number of imide groups is 1. The highest BCUT2D eigenvalue weighted by Crippen LogP contribution is 2.02. The molecule has 1 heterocycles. The van der Waals surface area contributed by atoms with E-state index in [4.69, 9.17) is 5.73 Å². The predicted molar refractivity (Wildman–Crippen MR) is 39.2 cm³/mol. The third-order valence-corrected chi connectivity index (χ3v) is 1.64. The summed E-state index contributed by atoms with van der Waals surface area (Å²) < 4.78 is 3.68. The predicted octanol–water partition coefficient (Wildman–Crippen LogP) is -0.0484. The molecule has 0 unspecified atom stereocenters. The highest BCUT2D eigenvalue weighted by atomic mass is 32.1. The average Bonchev–Trinajstić information content (AvgIpc) is 2.35. The lowest BCUT2D eigenvalue weighted by Crippen LogP contribution is -2.34. The Bertz CT molecular complexity index is 269. The summed E-state index contributed by atoms with van der Waals surface area (Å²) >= 11 is 1.00. The third kappa shape index (κ3) is 2.01. The third-order valence-electron chi connectivity index (χ3n) is 0.898. The second kappa shape index (κ2) is 3.11. The number of carbonyl (C=O) groups excluding carboxylic acids is 2. The van der Waals surface area contributed by atoms with E-state index in [9.17, 15) is 9.59 Å². The maximum atomic E-state index is 10.9. The van der Waals surface area contributed by atoms with Crippen molar-refractivity contribution in [3.8, 4) is 0 Å². The normalized spacial score (nSPS) is 9.09. The highest BCUT2D eigenvalue weighted by Gasteiger charge is 2.07. The van der Waals surface area contributed by atoms with Crippen molar-refractivity contribution in [3.63, 3.8) is 0 Å². The van der Waals surface area contributed by atoms with Gasteiger partial charge >= 0.3 is 6.03 Å². The van der Waals surface area contributed by atoms with Gasteiger partial charge in [0, 0.05) is 6.20 Å². The van der Waals surface area contributed by atoms with E-state index in [0.717, 1.165) is 11.5 Å². The van der Waals surface area contributed by atoms with Crippen molar-refractivity contribution in [2.75, 3.05) is 0 Å². The second-order valence-electron chi connectivity index (χ2n) is 1.70. The summed E-state index contributed by atoms with van der Waals surface area (Å²) in [4.78, 5) is 21.4. The smallest absolute Gasteiger partial charge is 0.319 e. The molecule has 5 nitrogen and oxygen atoms in total. The zero-order chi connectivity index (χ0) is 8.27. The summed E-state index contributed by atoms with van der Waals surface area (Å²) in [5, 5.41) is 1.92. The second-order valence-corrected chi connectivity index (χ2v) is 2.53. The molecule has 6 heteroatoms. The van der Waals surface area contributed by atoms with Crippen LogP contribution in [0.15, 0.2) is 12.3 Å². The molecule has 11 heavy (non-hydrogen) atoms. The van der Waals surface area contributed by atoms with Crippen molar-refractivity contribution in [3.05, 3.63) is 17.1 Å². The minimum Gasteiger partial charge on any atom is -0.351 e. The topological polar surface area (TPSA) is 85.1 Å². The first-order valence-electron chi connectivity index (χ1n) is 2.71. The van der Waals surface area contributed by atoms with Crippen LogP contribution in [0.4, 0.5) is 4.79 Å². The summed E-state index contributed by atoms with van der Waals surface area (Å²) in [5.74, 6) is -0.514. The molecule has 1 aromatic rings. The number of rotatable bonds is 1. The lowest BCUT2D eigenvalue weighted by atomic mass is 10.5. The maximum absolute atomic E-state index is 10.9. The zero-order valence-corrected chi connectivity index (χ0v) is 6.22. The van der Waals surface area contributed by atoms with Gasteiger partial charge in [-0.3, -0.25) is 10.1 Å². The minimum atomic E-state index is -0.858. The van der Waals surface area contributed by atoms with Crippen LogP contribution in [0.2, 0.25) is 0 Å². The Kier molecular flexibility index (Phi) is 2.17. The molecule has 3 amide bonds. The molecule has 1 aromatic heterocycles. The van der Waals surface area contributed by atoms with Crippen molar-refractivity contribution >= 4 is 23.5 Å². The first-order valence-corrected chi connectivity index (χ1v) is 3.49. The van der Waals surface area contributed by atoms with E-state index in [1.165, 1.54) is 12.3 Å². The van der Waals surface area contributed by atoms with Gasteiger partial charge in [-0.25, -0.2) is 9.17 Å². The fraction of sp³-hybridized carbons (Fsp3) is 0. The van der Waals surface area contributed by atoms with Crippen molar-refractivity contribution in [2.24, 2.45) is 5.73 Å². The largest absolute Gasteiger partial charge is 0.351 e. The first kappa shape index (κ1) is 7.67. The molecule has 3 N–H and O–H groups in total. The number of nitrogens with zero attached hydrogens (tertiary/aromatic N) is 1. The van der Waals surface area contributed by atoms with Gasteiger partial charge in [-0.1, -0.05) is 0 Å². The molecule has 0 aliphatic carbocycles. The molecule has 0 aliphatic rings. The van der Waals surface area contributed by atoms with E-state index in [2.05, 4.69) is 4.37 Å². The van der Waals surface area contributed by atoms with Gasteiger partial charge in [-0.15, -0.1) is 0 Å². The minimum absolute atomic E-state index is 0.365. The fourth-order valence-corrected chi connectivity index (χ4v) is 0.997. The molecule has 1 rings (SSSR count). The van der Waals surface area contributed by atoms with Crippen LogP contribution in [0.3, 0.4) is 0 Å². The van der Waals surface area contributed by atoms with Gasteiger partial charge in [0.05, 0.1) is 0 Å². The molecule has 0 fully saturated rings. The average molecular weight is 171 g/mol. The van der Waals surface area contributed by atoms with Gasteiger partial charge in [-0.05, 0) is 17.6 Å². The SMILES string of the molecule is NC(=O)NC(=O)c1ccns1. The molecule has 0 atom stereocenters. The van der Waals surface area contributed by atoms with Gasteiger partial charge in [0.15, 0.2) is 0 Å². The van der Waals surface area contributed by atoms with E-state index in [1.54, 1.807) is 0 Å². The van der Waals surface area contributed by atoms with Gasteiger partial charge in [0.2, 0.25) is 0 Å². The van der Waals surface area contributed by atoms with Gasteiger partial charge in [0.25, 0.3) is 5.91 Å². The van der Waals surface area contributed by atoms with Crippen molar-refractivity contribution in [2.45, 2.75) is 0 Å². The van der Waals surface area contributed by atoms with Crippen LogP contribution in [0.1, 0.15) is 9.67 Å². The first-order chi connectivity index (χ1) is 5.20. The Morgan fingerprint density at radius 1 is 1.64 bits per heavy atom. The number of nitrogens with two attached hydrogens (primary N) is 1. The Hall–Kier alpha value is -1.43. The summed E-state index contributed by atoms with van der Waals surface area (Å²) in [6.07, 6.45) is 1.47. The number of carbonyl (C=O) groups is 2. The zero-order valence-electron chi connectivity index (χ0n) is 5.40. The number of hydrogen-bond donors (Lipinski definition) is 2. The van der Waals surface area contributed by atoms with E-state index in [1.807, 2.05) is 5.32 Å². The van der Waals surface area contributed by atoms with Gasteiger partial charge in [0.1, 0.15) is 4.88 Å². The van der Waals surface area contributed by atoms with Crippen molar-refractivity contribution in [1.29, 1.82) is 0 Å². The van der Waals surface area contributed by atoms with Crippen LogP contribution >= 0.6 is 11.5 Å². The number of primary amides is 1. The lowest BCUT2D eigenvalue weighted by Gasteiger charge is -1.93. The van der Waals surface area contributed by atoms with Gasteiger partial charge in [-0.2, -0.15) is 0 Å². The molecule has 0 spiro atoms. The summed E-state index contributed by atoms with van der Waals surface area (Å²) in [6.45, 7) is 0. The summed E-state index contributed by atoms with van der Waals surface area (Å²) in [7, 11) is 0. The van der Waals surface area contributed by atoms with Crippen LogP contribution < -0.4 is 11.1 Å². The van der Waals surface area contributed by atoms with E-state index in [-0.39, 0.29) is 0 Å².